The third-order valence-electron chi connectivity index (χ3n) is 4.43. The van der Waals surface area contributed by atoms with Crippen LogP contribution in [-0.4, -0.2) is 24.4 Å². The molecule has 0 amide bonds. The number of rotatable bonds is 3. The number of ether oxygens (including phenoxy) is 2. The summed E-state index contributed by atoms with van der Waals surface area (Å²) in [5.41, 5.74) is 3.58. The second-order valence-electron chi connectivity index (χ2n) is 5.58. The molecule has 108 valence electrons. The van der Waals surface area contributed by atoms with Gasteiger partial charge in [0.15, 0.2) is 6.29 Å². The van der Waals surface area contributed by atoms with Crippen molar-refractivity contribution in [2.75, 3.05) is 13.2 Å². The summed E-state index contributed by atoms with van der Waals surface area (Å²) in [4.78, 5) is 10.4. The van der Waals surface area contributed by atoms with Gasteiger partial charge in [0.25, 0.3) is 5.69 Å². The van der Waals surface area contributed by atoms with Crippen LogP contribution in [0.3, 0.4) is 0 Å². The number of nitro benzene ring substituents is 1. The van der Waals surface area contributed by atoms with Crippen molar-refractivity contribution in [2.24, 2.45) is 11.8 Å². The molecule has 1 fully saturated rings. The van der Waals surface area contributed by atoms with Crippen LogP contribution in [0.25, 0.3) is 5.57 Å². The van der Waals surface area contributed by atoms with E-state index in [-0.39, 0.29) is 16.9 Å². The van der Waals surface area contributed by atoms with Gasteiger partial charge >= 0.3 is 0 Å². The lowest BCUT2D eigenvalue weighted by atomic mass is 9.90. The van der Waals surface area contributed by atoms with E-state index < -0.39 is 0 Å². The van der Waals surface area contributed by atoms with Crippen molar-refractivity contribution in [1.29, 1.82) is 0 Å². The minimum Gasteiger partial charge on any atom is -0.346 e. The van der Waals surface area contributed by atoms with Crippen LogP contribution in [0, 0.1) is 22.0 Å². The maximum atomic E-state index is 10.8. The monoisotopic (exact) mass is 285 g/mol. The molecule has 3 aliphatic rings. The summed E-state index contributed by atoms with van der Waals surface area (Å²) in [5.74, 6) is 0.752. The second-order valence-corrected chi connectivity index (χ2v) is 5.58. The lowest BCUT2D eigenvalue weighted by molar-refractivity contribution is -0.384. The molecule has 5 heteroatoms. The second kappa shape index (κ2) is 4.79. The summed E-state index contributed by atoms with van der Waals surface area (Å²) in [7, 11) is 0. The summed E-state index contributed by atoms with van der Waals surface area (Å²) in [6.07, 6.45) is 5.25. The van der Waals surface area contributed by atoms with Crippen LogP contribution >= 0.6 is 0 Å². The first-order valence-corrected chi connectivity index (χ1v) is 7.14. The van der Waals surface area contributed by atoms with Gasteiger partial charge in [-0.15, -0.1) is 0 Å². The molecule has 1 aliphatic heterocycles. The quantitative estimate of drug-likeness (QED) is 0.486. The van der Waals surface area contributed by atoms with Crippen LogP contribution in [0.4, 0.5) is 5.69 Å². The van der Waals surface area contributed by atoms with Gasteiger partial charge in [-0.2, -0.15) is 0 Å². The number of non-ortho nitro benzene ring substituents is 1. The van der Waals surface area contributed by atoms with Gasteiger partial charge < -0.3 is 9.47 Å². The maximum Gasteiger partial charge on any atom is 0.269 e. The van der Waals surface area contributed by atoms with E-state index in [0.29, 0.717) is 25.0 Å². The van der Waals surface area contributed by atoms with E-state index in [1.165, 1.54) is 11.1 Å². The molecular formula is C16H15NO4. The van der Waals surface area contributed by atoms with E-state index in [1.807, 2.05) is 12.1 Å². The molecule has 2 bridgehead atoms. The first-order chi connectivity index (χ1) is 10.2. The Bertz CT molecular complexity index is 641. The van der Waals surface area contributed by atoms with Gasteiger partial charge in [-0.05, 0) is 35.3 Å². The highest BCUT2D eigenvalue weighted by Gasteiger charge is 2.41. The first-order valence-electron chi connectivity index (χ1n) is 7.14. The van der Waals surface area contributed by atoms with Crippen molar-refractivity contribution in [3.8, 4) is 0 Å². The van der Waals surface area contributed by atoms with Crippen LogP contribution in [0.15, 0.2) is 42.0 Å². The number of allylic oxidation sites excluding steroid dienone is 3. The molecule has 1 heterocycles. The Kier molecular flexibility index (Phi) is 2.90. The third-order valence-corrected chi connectivity index (χ3v) is 4.43. The van der Waals surface area contributed by atoms with E-state index in [4.69, 9.17) is 9.47 Å². The summed E-state index contributed by atoms with van der Waals surface area (Å²) in [6.45, 7) is 1.26. The Balaban J connectivity index is 1.75. The molecule has 2 aliphatic carbocycles. The predicted molar refractivity (Wildman–Crippen MR) is 76.4 cm³/mol. The Labute approximate surface area is 122 Å². The minimum absolute atomic E-state index is 0.118. The van der Waals surface area contributed by atoms with E-state index in [0.717, 1.165) is 12.0 Å². The first kappa shape index (κ1) is 12.7. The molecule has 1 saturated heterocycles. The zero-order valence-electron chi connectivity index (χ0n) is 11.4. The van der Waals surface area contributed by atoms with Gasteiger partial charge in [0.1, 0.15) is 0 Å². The van der Waals surface area contributed by atoms with Crippen molar-refractivity contribution in [3.05, 3.63) is 57.7 Å². The standard InChI is InChI=1S/C16H15NO4/c18-17(19)13-5-3-10(4-6-13)14-11-1-2-12(9-11)15(14)16-20-7-8-21-16/h1-6,11-12,16H,7-9H2. The smallest absolute Gasteiger partial charge is 0.269 e. The predicted octanol–water partition coefficient (Wildman–Crippen LogP) is 2.93. The van der Waals surface area contributed by atoms with Gasteiger partial charge in [-0.3, -0.25) is 10.1 Å². The number of benzene rings is 1. The molecule has 0 spiro atoms. The Morgan fingerprint density at radius 1 is 1.05 bits per heavy atom. The summed E-state index contributed by atoms with van der Waals surface area (Å²) in [6, 6.07) is 6.78. The van der Waals surface area contributed by atoms with E-state index in [1.54, 1.807) is 12.1 Å². The number of nitro groups is 1. The Morgan fingerprint density at radius 3 is 2.38 bits per heavy atom. The summed E-state index contributed by atoms with van der Waals surface area (Å²) >= 11 is 0. The minimum atomic E-state index is -0.372. The van der Waals surface area contributed by atoms with Gasteiger partial charge in [0, 0.05) is 24.0 Å². The van der Waals surface area contributed by atoms with E-state index >= 15 is 0 Å². The van der Waals surface area contributed by atoms with Crippen molar-refractivity contribution < 1.29 is 14.4 Å². The van der Waals surface area contributed by atoms with Crippen molar-refractivity contribution in [2.45, 2.75) is 12.7 Å². The van der Waals surface area contributed by atoms with E-state index in [2.05, 4.69) is 12.2 Å². The van der Waals surface area contributed by atoms with Crippen molar-refractivity contribution >= 4 is 11.3 Å². The fourth-order valence-electron chi connectivity index (χ4n) is 3.54. The molecule has 1 aromatic carbocycles. The summed E-state index contributed by atoms with van der Waals surface area (Å²) < 4.78 is 11.4. The SMILES string of the molecule is O=[N+]([O-])c1ccc(C2=C(C3OCCO3)C3C=CC2C3)cc1. The van der Waals surface area contributed by atoms with Gasteiger partial charge in [-0.1, -0.05) is 12.2 Å². The molecule has 1 aromatic rings. The lowest BCUT2D eigenvalue weighted by Crippen LogP contribution is -2.17. The number of hydrogen-bond donors (Lipinski definition) is 0. The van der Waals surface area contributed by atoms with Crippen LogP contribution in [0.1, 0.15) is 12.0 Å². The highest BCUT2D eigenvalue weighted by molar-refractivity contribution is 5.77. The maximum absolute atomic E-state index is 10.8. The van der Waals surface area contributed by atoms with Crippen LogP contribution in [0.2, 0.25) is 0 Å². The average molecular weight is 285 g/mol. The zero-order valence-corrected chi connectivity index (χ0v) is 11.4. The number of nitrogens with zero attached hydrogens (tertiary/aromatic N) is 1. The molecule has 2 atom stereocenters. The normalized spacial score (nSPS) is 27.8. The molecule has 21 heavy (non-hydrogen) atoms. The summed E-state index contributed by atoms with van der Waals surface area (Å²) in [5, 5.41) is 10.8. The van der Waals surface area contributed by atoms with Gasteiger partial charge in [0.2, 0.25) is 0 Å². The highest BCUT2D eigenvalue weighted by atomic mass is 16.7. The molecule has 0 aromatic heterocycles. The third kappa shape index (κ3) is 2.01. The number of hydrogen-bond acceptors (Lipinski definition) is 4. The number of fused-ring (bicyclic) bond motifs is 2. The van der Waals surface area contributed by atoms with Crippen LogP contribution in [0.5, 0.6) is 0 Å². The van der Waals surface area contributed by atoms with Gasteiger partial charge in [0.05, 0.1) is 18.1 Å². The molecule has 4 rings (SSSR count). The van der Waals surface area contributed by atoms with Crippen LogP contribution < -0.4 is 0 Å². The molecule has 0 radical (unpaired) electrons. The fraction of sp³-hybridized carbons (Fsp3) is 0.375. The largest absolute Gasteiger partial charge is 0.346 e. The van der Waals surface area contributed by atoms with Crippen LogP contribution in [-0.2, 0) is 9.47 Å². The average Bonchev–Trinajstić information content (AvgIpc) is 3.23. The Morgan fingerprint density at radius 2 is 1.71 bits per heavy atom. The lowest BCUT2D eigenvalue weighted by Gasteiger charge is -2.20. The van der Waals surface area contributed by atoms with Crippen molar-refractivity contribution in [3.63, 3.8) is 0 Å². The highest BCUT2D eigenvalue weighted by Crippen LogP contribution is 2.50. The zero-order chi connectivity index (χ0) is 14.4. The van der Waals surface area contributed by atoms with E-state index in [9.17, 15) is 10.1 Å². The topological polar surface area (TPSA) is 61.6 Å². The Hall–Kier alpha value is -1.98. The molecule has 2 unspecified atom stereocenters. The molecule has 0 N–H and O–H groups in total. The fourth-order valence-corrected chi connectivity index (χ4v) is 3.54. The molecular weight excluding hydrogens is 270 g/mol. The molecule has 0 saturated carbocycles. The van der Waals surface area contributed by atoms with Gasteiger partial charge in [-0.25, -0.2) is 0 Å². The molecule has 5 nitrogen and oxygen atoms in total. The van der Waals surface area contributed by atoms with Crippen molar-refractivity contribution in [1.82, 2.24) is 0 Å².